The van der Waals surface area contributed by atoms with Gasteiger partial charge in [0.25, 0.3) is 0 Å². The van der Waals surface area contributed by atoms with Gasteiger partial charge in [0.2, 0.25) is 0 Å². The summed E-state index contributed by atoms with van der Waals surface area (Å²) >= 11 is 0. The summed E-state index contributed by atoms with van der Waals surface area (Å²) in [6.45, 7) is 0.869. The van der Waals surface area contributed by atoms with Crippen LogP contribution in [0.2, 0.25) is 0 Å². The van der Waals surface area contributed by atoms with Crippen molar-refractivity contribution in [3.63, 3.8) is 0 Å². The molecule has 0 aliphatic rings. The Balaban J connectivity index is -0.0000000817. The molecule has 0 aliphatic heterocycles. The molecule has 0 aromatic heterocycles. The minimum absolute atomic E-state index is 0. The van der Waals surface area contributed by atoms with Crippen molar-refractivity contribution < 1.29 is 70.0 Å². The van der Waals surface area contributed by atoms with Gasteiger partial charge in [-0.1, -0.05) is 0 Å². The molecule has 0 fully saturated rings. The maximum Gasteiger partial charge on any atom is 1.00 e. The summed E-state index contributed by atoms with van der Waals surface area (Å²) in [4.78, 5) is 9.70. The molecule has 0 aromatic rings. The second-order valence-electron chi connectivity index (χ2n) is 1.00. The van der Waals surface area contributed by atoms with Gasteiger partial charge in [0.15, 0.2) is 0 Å². The van der Waals surface area contributed by atoms with Gasteiger partial charge in [-0.25, -0.2) is 0 Å². The van der Waals surface area contributed by atoms with Gasteiger partial charge < -0.3 is 5.61 Å². The Morgan fingerprint density at radius 2 is 1.90 bits per heavy atom. The summed E-state index contributed by atoms with van der Waals surface area (Å²) in [5, 5.41) is 0. The summed E-state index contributed by atoms with van der Waals surface area (Å²) in [6.07, 6.45) is 0. The monoisotopic (exact) mass is 227 g/mol. The average molecular weight is 228 g/mol. The molecule has 0 aliphatic carbocycles. The maximum atomic E-state index is 9.70. The average Bonchev–Trinajstić information content (AvgIpc) is 1.21. The predicted octanol–water partition coefficient (Wildman–Crippen LogP) is -3.53. The molecule has 0 bridgehead atoms. The van der Waals surface area contributed by atoms with Crippen molar-refractivity contribution >= 4 is 16.4 Å². The molecule has 0 rings (SSSR count). The minimum Gasteiger partial charge on any atom is -1.00 e. The van der Waals surface area contributed by atoms with Crippen LogP contribution in [0.3, 0.4) is 0 Å². The van der Waals surface area contributed by atoms with Crippen molar-refractivity contribution in [2.45, 2.75) is 6.92 Å². The third kappa shape index (κ3) is 16.0. The normalized spacial score (nSPS) is 8.60. The zero-order valence-corrected chi connectivity index (χ0v) is 9.05. The van der Waals surface area contributed by atoms with Crippen molar-refractivity contribution in [2.24, 2.45) is 0 Å². The van der Waals surface area contributed by atoms with E-state index in [1.165, 1.54) is 0 Å². The van der Waals surface area contributed by atoms with E-state index in [0.717, 1.165) is 6.92 Å². The Morgan fingerprint density at radius 1 is 1.60 bits per heavy atom. The topological polar surface area (TPSA) is 80.7 Å². The Labute approximate surface area is 92.7 Å². The van der Waals surface area contributed by atoms with Crippen LogP contribution in [0.1, 0.15) is 8.35 Å². The van der Waals surface area contributed by atoms with Gasteiger partial charge in [0.05, 0.1) is 0 Å². The number of hydrogen-bond acceptors (Lipinski definition) is 4. The minimum atomic E-state index is -4.57. The second-order valence-corrected chi connectivity index (χ2v) is 2.02. The largest absolute Gasteiger partial charge is 1.00 e. The van der Waals surface area contributed by atoms with E-state index in [4.69, 9.17) is 4.55 Å². The summed E-state index contributed by atoms with van der Waals surface area (Å²) in [5.41, 5.74) is 0. The van der Waals surface area contributed by atoms with Crippen molar-refractivity contribution in [3.8, 4) is 0 Å². The van der Waals surface area contributed by atoms with Crippen LogP contribution in [-0.2, 0) is 36.4 Å². The summed E-state index contributed by atoms with van der Waals surface area (Å²) in [6, 6.07) is 0. The van der Waals surface area contributed by atoms with E-state index in [9.17, 15) is 13.2 Å². The van der Waals surface area contributed by atoms with E-state index < -0.39 is 16.4 Å². The molecular weight excluding hydrogens is 223 g/mol. The van der Waals surface area contributed by atoms with E-state index in [1.54, 1.807) is 0 Å². The van der Waals surface area contributed by atoms with Crippen LogP contribution in [-0.4, -0.2) is 18.9 Å². The third-order valence-electron chi connectivity index (χ3n) is 0.223. The fraction of sp³-hybridized carbons (Fsp3) is 0.500. The molecule has 10 heavy (non-hydrogen) atoms. The van der Waals surface area contributed by atoms with Crippen LogP contribution in [0.4, 0.5) is 0 Å². The molecule has 0 atom stereocenters. The molecule has 0 unspecified atom stereocenters. The van der Waals surface area contributed by atoms with Crippen molar-refractivity contribution in [1.82, 2.24) is 0 Å². The summed E-state index contributed by atoms with van der Waals surface area (Å²) in [7, 11) is -4.57. The van der Waals surface area contributed by atoms with Crippen molar-refractivity contribution in [3.05, 3.63) is 0 Å². The standard InChI is InChI=1S/C2H4O5S.Cu.Na.H/c1-2(3)7-8(4,5)6;;;/h1H3,(H,4,5,6);;;/q;;+1;-1. The molecule has 61 valence electrons. The first-order valence-electron chi connectivity index (χ1n) is 1.59. The molecule has 0 heterocycles. The third-order valence-corrected chi connectivity index (χ3v) is 0.668. The Hall–Kier alpha value is 0.899. The Morgan fingerprint density at radius 3 is 1.90 bits per heavy atom. The van der Waals surface area contributed by atoms with E-state index >= 15 is 0 Å². The fourth-order valence-corrected chi connectivity index (χ4v) is 0.445. The van der Waals surface area contributed by atoms with Crippen LogP contribution in [0, 0.1) is 0 Å². The molecule has 1 radical (unpaired) electrons. The molecule has 8 heteroatoms. The molecule has 0 saturated heterocycles. The number of carbonyl (C=O) groups is 1. The number of rotatable bonds is 1. The van der Waals surface area contributed by atoms with Gasteiger partial charge in [-0.05, 0) is 0 Å². The predicted molar refractivity (Wildman–Crippen MR) is 24.4 cm³/mol. The SMILES string of the molecule is CC(=O)OS(=O)(=O)O.[Cu].[H-].[Na+]. The zero-order chi connectivity index (χ0) is 6.78. The van der Waals surface area contributed by atoms with Gasteiger partial charge in [-0.3, -0.25) is 9.35 Å². The van der Waals surface area contributed by atoms with Gasteiger partial charge in [-0.15, -0.1) is 0 Å². The number of carbonyl (C=O) groups excluding carboxylic acids is 1. The maximum absolute atomic E-state index is 9.70. The van der Waals surface area contributed by atoms with Gasteiger partial charge >= 0.3 is 45.9 Å². The van der Waals surface area contributed by atoms with Crippen LogP contribution in [0.25, 0.3) is 0 Å². The second kappa shape index (κ2) is 6.60. The molecule has 0 aromatic carbocycles. The molecule has 0 amide bonds. The molecule has 0 saturated carbocycles. The van der Waals surface area contributed by atoms with Gasteiger partial charge in [-0.2, -0.15) is 8.42 Å². The Kier molecular flexibility index (Phi) is 11.3. The van der Waals surface area contributed by atoms with E-state index in [2.05, 4.69) is 4.18 Å². The zero-order valence-electron chi connectivity index (χ0n) is 6.29. The van der Waals surface area contributed by atoms with Crippen LogP contribution in [0.15, 0.2) is 0 Å². The first-order chi connectivity index (χ1) is 3.42. The van der Waals surface area contributed by atoms with E-state index in [1.807, 2.05) is 0 Å². The molecule has 0 spiro atoms. The molecular formula is C2H5CuNaO5S. The number of hydrogen-bond donors (Lipinski definition) is 1. The van der Waals surface area contributed by atoms with Crippen LogP contribution < -0.4 is 29.6 Å². The van der Waals surface area contributed by atoms with E-state index in [-0.39, 0.29) is 48.1 Å². The quantitative estimate of drug-likeness (QED) is 0.371. The molecule has 5 nitrogen and oxygen atoms in total. The van der Waals surface area contributed by atoms with Gasteiger partial charge in [0.1, 0.15) is 0 Å². The Bertz CT molecular complexity index is 191. The van der Waals surface area contributed by atoms with Crippen molar-refractivity contribution in [1.29, 1.82) is 0 Å². The van der Waals surface area contributed by atoms with E-state index in [0.29, 0.717) is 0 Å². The smallest absolute Gasteiger partial charge is 1.00 e. The fourth-order valence-electron chi connectivity index (χ4n) is 0.148. The first kappa shape index (κ1) is 17.1. The molecule has 1 N–H and O–H groups in total. The summed E-state index contributed by atoms with van der Waals surface area (Å²) < 4.78 is 30.2. The first-order valence-corrected chi connectivity index (χ1v) is 2.96. The van der Waals surface area contributed by atoms with Crippen LogP contribution >= 0.6 is 0 Å². The van der Waals surface area contributed by atoms with Crippen LogP contribution in [0.5, 0.6) is 0 Å². The van der Waals surface area contributed by atoms with Crippen molar-refractivity contribution in [2.75, 3.05) is 0 Å². The van der Waals surface area contributed by atoms with Gasteiger partial charge in [0, 0.05) is 24.0 Å². The summed E-state index contributed by atoms with van der Waals surface area (Å²) in [5.74, 6) is -1.06.